The molecule has 2 nitrogen and oxygen atoms in total. The van der Waals surface area contributed by atoms with Crippen molar-refractivity contribution < 1.29 is 4.79 Å². The van der Waals surface area contributed by atoms with Gasteiger partial charge in [-0.3, -0.25) is 4.79 Å². The lowest BCUT2D eigenvalue weighted by Gasteiger charge is -2.26. The van der Waals surface area contributed by atoms with Crippen molar-refractivity contribution in [2.45, 2.75) is 50.8 Å². The van der Waals surface area contributed by atoms with Gasteiger partial charge in [0.25, 0.3) is 0 Å². The zero-order chi connectivity index (χ0) is 9.90. The molecule has 1 fully saturated rings. The molecule has 1 rings (SSSR count). The highest BCUT2D eigenvalue weighted by Crippen LogP contribution is 2.25. The molecule has 0 aliphatic carbocycles. The molecule has 0 bridgehead atoms. The van der Waals surface area contributed by atoms with E-state index in [0.29, 0.717) is 0 Å². The first-order valence-corrected chi connectivity index (χ1v) is 5.97. The van der Waals surface area contributed by atoms with E-state index >= 15 is 0 Å². The Morgan fingerprint density at radius 3 is 2.54 bits per heavy atom. The van der Waals surface area contributed by atoms with Crippen molar-refractivity contribution in [2.24, 2.45) is 0 Å². The van der Waals surface area contributed by atoms with Crippen LogP contribution in [0.25, 0.3) is 0 Å². The Morgan fingerprint density at radius 2 is 2.08 bits per heavy atom. The van der Waals surface area contributed by atoms with Gasteiger partial charge in [-0.05, 0) is 39.4 Å². The summed E-state index contributed by atoms with van der Waals surface area (Å²) in [6, 6.07) is 0. The minimum atomic E-state index is -0.0882. The lowest BCUT2D eigenvalue weighted by Crippen LogP contribution is -2.45. The van der Waals surface area contributed by atoms with Gasteiger partial charge in [-0.2, -0.15) is 0 Å². The Labute approximate surface area is 84.9 Å². The zero-order valence-corrected chi connectivity index (χ0v) is 9.54. The average Bonchev–Trinajstić information content (AvgIpc) is 2.03. The molecule has 1 saturated heterocycles. The van der Waals surface area contributed by atoms with E-state index in [0.717, 1.165) is 12.2 Å². The molecule has 3 heteroatoms. The molecule has 1 aliphatic heterocycles. The fraction of sp³-hybridized carbons (Fsp3) is 0.900. The molecule has 1 atom stereocenters. The van der Waals surface area contributed by atoms with Crippen molar-refractivity contribution in [3.63, 3.8) is 0 Å². The van der Waals surface area contributed by atoms with Crippen molar-refractivity contribution in [1.82, 2.24) is 5.32 Å². The fourth-order valence-corrected chi connectivity index (χ4v) is 2.60. The normalized spacial score (nSPS) is 24.1. The number of amides is 1. The smallest absolute Gasteiger partial charge is 0.233 e. The molecule has 76 valence electrons. The van der Waals surface area contributed by atoms with E-state index in [1.807, 2.05) is 20.8 Å². The minimum Gasteiger partial charge on any atom is -0.351 e. The van der Waals surface area contributed by atoms with E-state index in [1.54, 1.807) is 11.8 Å². The maximum atomic E-state index is 11.7. The second kappa shape index (κ2) is 4.36. The van der Waals surface area contributed by atoms with Crippen molar-refractivity contribution in [2.75, 3.05) is 5.75 Å². The molecule has 13 heavy (non-hydrogen) atoms. The molecule has 0 spiro atoms. The Balaban J connectivity index is 2.38. The predicted molar refractivity (Wildman–Crippen MR) is 58.0 cm³/mol. The van der Waals surface area contributed by atoms with Crippen molar-refractivity contribution in [1.29, 1.82) is 0 Å². The second-order valence-corrected chi connectivity index (χ2v) is 5.91. The van der Waals surface area contributed by atoms with Gasteiger partial charge in [0.1, 0.15) is 0 Å². The molecule has 0 aromatic carbocycles. The quantitative estimate of drug-likeness (QED) is 0.704. The van der Waals surface area contributed by atoms with Gasteiger partial charge in [-0.25, -0.2) is 0 Å². The van der Waals surface area contributed by atoms with Crippen LogP contribution in [0.4, 0.5) is 0 Å². The monoisotopic (exact) mass is 201 g/mol. The highest BCUT2D eigenvalue weighted by atomic mass is 32.2. The minimum absolute atomic E-state index is 0.0882. The van der Waals surface area contributed by atoms with E-state index in [1.165, 1.54) is 12.8 Å². The standard InChI is InChI=1S/C10H19NOS/c1-10(2,3)11-9(12)8-6-4-5-7-13-8/h8H,4-7H2,1-3H3,(H,11,12). The van der Waals surface area contributed by atoms with Crippen LogP contribution in [0.2, 0.25) is 0 Å². The molecule has 1 heterocycles. The SMILES string of the molecule is CC(C)(C)NC(=O)C1CCCCS1. The summed E-state index contributed by atoms with van der Waals surface area (Å²) in [5, 5.41) is 3.23. The summed E-state index contributed by atoms with van der Waals surface area (Å²) in [6.07, 6.45) is 3.52. The molecule has 0 saturated carbocycles. The van der Waals surface area contributed by atoms with E-state index in [-0.39, 0.29) is 16.7 Å². The summed E-state index contributed by atoms with van der Waals surface area (Å²) in [6.45, 7) is 6.08. The van der Waals surface area contributed by atoms with Gasteiger partial charge in [0, 0.05) is 5.54 Å². The first kappa shape index (κ1) is 10.9. The molecule has 1 aliphatic rings. The number of nitrogens with one attached hydrogen (secondary N) is 1. The topological polar surface area (TPSA) is 29.1 Å². The summed E-state index contributed by atoms with van der Waals surface area (Å²) < 4.78 is 0. The number of hydrogen-bond donors (Lipinski definition) is 1. The number of carbonyl (C=O) groups is 1. The van der Waals surface area contributed by atoms with Gasteiger partial charge in [0.15, 0.2) is 0 Å². The van der Waals surface area contributed by atoms with Crippen LogP contribution in [0, 0.1) is 0 Å². The van der Waals surface area contributed by atoms with Crippen LogP contribution in [0.1, 0.15) is 40.0 Å². The van der Waals surface area contributed by atoms with Crippen molar-refractivity contribution in [3.8, 4) is 0 Å². The lowest BCUT2D eigenvalue weighted by molar-refractivity contribution is -0.122. The molecule has 0 radical (unpaired) electrons. The van der Waals surface area contributed by atoms with E-state index in [9.17, 15) is 4.79 Å². The maximum absolute atomic E-state index is 11.7. The van der Waals surface area contributed by atoms with Gasteiger partial charge in [-0.1, -0.05) is 6.42 Å². The molecular weight excluding hydrogens is 182 g/mol. The molecule has 1 amide bonds. The highest BCUT2D eigenvalue weighted by molar-refractivity contribution is 8.00. The van der Waals surface area contributed by atoms with Crippen LogP contribution in [-0.4, -0.2) is 22.4 Å². The largest absolute Gasteiger partial charge is 0.351 e. The van der Waals surface area contributed by atoms with Crippen LogP contribution in [0.3, 0.4) is 0 Å². The van der Waals surface area contributed by atoms with Gasteiger partial charge in [0.2, 0.25) is 5.91 Å². The van der Waals surface area contributed by atoms with Crippen LogP contribution in [-0.2, 0) is 4.79 Å². The number of hydrogen-bond acceptors (Lipinski definition) is 2. The van der Waals surface area contributed by atoms with E-state index < -0.39 is 0 Å². The summed E-state index contributed by atoms with van der Waals surface area (Å²) in [7, 11) is 0. The van der Waals surface area contributed by atoms with Crippen LogP contribution >= 0.6 is 11.8 Å². The van der Waals surface area contributed by atoms with Gasteiger partial charge in [-0.15, -0.1) is 11.8 Å². The third-order valence-corrected chi connectivity index (χ3v) is 3.35. The lowest BCUT2D eigenvalue weighted by atomic mass is 10.1. The molecular formula is C10H19NOS. The number of thioether (sulfide) groups is 1. The first-order valence-electron chi connectivity index (χ1n) is 4.93. The number of carbonyl (C=O) groups excluding carboxylic acids is 1. The van der Waals surface area contributed by atoms with Gasteiger partial charge < -0.3 is 5.32 Å². The van der Waals surface area contributed by atoms with Gasteiger partial charge >= 0.3 is 0 Å². The van der Waals surface area contributed by atoms with Crippen molar-refractivity contribution >= 4 is 17.7 Å². The zero-order valence-electron chi connectivity index (χ0n) is 8.72. The summed E-state index contributed by atoms with van der Waals surface area (Å²) >= 11 is 1.80. The van der Waals surface area contributed by atoms with Crippen molar-refractivity contribution in [3.05, 3.63) is 0 Å². The summed E-state index contributed by atoms with van der Waals surface area (Å²) in [5.74, 6) is 1.36. The molecule has 1 unspecified atom stereocenters. The fourth-order valence-electron chi connectivity index (χ4n) is 1.40. The molecule has 0 aromatic rings. The third-order valence-electron chi connectivity index (χ3n) is 1.97. The van der Waals surface area contributed by atoms with Crippen LogP contribution in [0.15, 0.2) is 0 Å². The van der Waals surface area contributed by atoms with Crippen LogP contribution < -0.4 is 5.32 Å². The Kier molecular flexibility index (Phi) is 3.65. The Morgan fingerprint density at radius 1 is 1.38 bits per heavy atom. The first-order chi connectivity index (χ1) is 5.99. The maximum Gasteiger partial charge on any atom is 0.233 e. The van der Waals surface area contributed by atoms with Gasteiger partial charge in [0.05, 0.1) is 5.25 Å². The summed E-state index contributed by atoms with van der Waals surface area (Å²) in [4.78, 5) is 11.7. The average molecular weight is 201 g/mol. The molecule has 0 aromatic heterocycles. The second-order valence-electron chi connectivity index (χ2n) is 4.59. The van der Waals surface area contributed by atoms with E-state index in [2.05, 4.69) is 5.32 Å². The Bertz CT molecular complexity index is 180. The van der Waals surface area contributed by atoms with Crippen LogP contribution in [0.5, 0.6) is 0 Å². The Hall–Kier alpha value is -0.180. The number of rotatable bonds is 1. The molecule has 1 N–H and O–H groups in total. The predicted octanol–water partition coefficient (Wildman–Crippen LogP) is 2.19. The third kappa shape index (κ3) is 4.03. The summed E-state index contributed by atoms with van der Waals surface area (Å²) in [5.41, 5.74) is -0.0882. The van der Waals surface area contributed by atoms with E-state index in [4.69, 9.17) is 0 Å². The highest BCUT2D eigenvalue weighted by Gasteiger charge is 2.24.